The van der Waals surface area contributed by atoms with Gasteiger partial charge in [-0.15, -0.1) is 0 Å². The van der Waals surface area contributed by atoms with Crippen LogP contribution in [0.2, 0.25) is 0 Å². The van der Waals surface area contributed by atoms with E-state index >= 15 is 0 Å². The minimum Gasteiger partial charge on any atom is -0.389 e. The van der Waals surface area contributed by atoms with Crippen LogP contribution in [0.15, 0.2) is 16.6 Å². The molecule has 4 N–H and O–H groups in total. The summed E-state index contributed by atoms with van der Waals surface area (Å²) in [6, 6.07) is 0.274. The average Bonchev–Trinajstić information content (AvgIpc) is 2.03. The molecular formula is C7H16N4OS. The Balaban J connectivity index is 4.34. The molecule has 0 amide bonds. The maximum Gasteiger partial charge on any atom is 0.151 e. The summed E-state index contributed by atoms with van der Waals surface area (Å²) < 4.78 is 14.7. The van der Waals surface area contributed by atoms with Gasteiger partial charge >= 0.3 is 0 Å². The Bertz CT molecular complexity index is 312. The van der Waals surface area contributed by atoms with Crippen LogP contribution in [0.3, 0.4) is 0 Å². The van der Waals surface area contributed by atoms with Gasteiger partial charge in [-0.2, -0.15) is 0 Å². The molecule has 0 aliphatic rings. The van der Waals surface area contributed by atoms with Crippen LogP contribution in [0, 0.1) is 5.41 Å². The average molecular weight is 204 g/mol. The SMILES string of the molecule is CN=S(N)(=O)C(=N)/C=C\NC(C)C. The van der Waals surface area contributed by atoms with Crippen LogP contribution >= 0.6 is 0 Å². The van der Waals surface area contributed by atoms with Gasteiger partial charge in [0, 0.05) is 13.1 Å². The van der Waals surface area contributed by atoms with Crippen LogP contribution in [0.25, 0.3) is 0 Å². The lowest BCUT2D eigenvalue weighted by atomic mass is 10.4. The third-order valence-electron chi connectivity index (χ3n) is 1.25. The first-order valence-corrected chi connectivity index (χ1v) is 5.42. The molecule has 0 saturated heterocycles. The van der Waals surface area contributed by atoms with Crippen molar-refractivity contribution in [2.45, 2.75) is 19.9 Å². The van der Waals surface area contributed by atoms with E-state index in [4.69, 9.17) is 10.5 Å². The smallest absolute Gasteiger partial charge is 0.151 e. The Morgan fingerprint density at radius 3 is 2.62 bits per heavy atom. The van der Waals surface area contributed by atoms with Gasteiger partial charge in [0.1, 0.15) is 5.04 Å². The molecule has 0 aromatic rings. The third kappa shape index (κ3) is 4.64. The molecule has 0 aromatic heterocycles. The highest BCUT2D eigenvalue weighted by molar-refractivity contribution is 8.06. The van der Waals surface area contributed by atoms with Gasteiger partial charge in [0.25, 0.3) is 0 Å². The van der Waals surface area contributed by atoms with Crippen molar-refractivity contribution in [3.63, 3.8) is 0 Å². The van der Waals surface area contributed by atoms with Crippen molar-refractivity contribution >= 4 is 15.0 Å². The van der Waals surface area contributed by atoms with Gasteiger partial charge < -0.3 is 5.32 Å². The fraction of sp³-hybridized carbons (Fsp3) is 0.571. The standard InChI is InChI=1S/C7H16N4OS/c1-6(2)11-5-4-7(8)13(9,12)10-3/h4-6,8,11H,1-3H3,(H2,9,10,12)/b5-4-,8-7?. The van der Waals surface area contributed by atoms with Crippen molar-refractivity contribution in [3.05, 3.63) is 12.3 Å². The summed E-state index contributed by atoms with van der Waals surface area (Å²) in [7, 11) is -1.63. The zero-order valence-electron chi connectivity index (χ0n) is 8.07. The molecule has 0 fully saturated rings. The minimum absolute atomic E-state index is 0.178. The Morgan fingerprint density at radius 2 is 2.23 bits per heavy atom. The summed E-state index contributed by atoms with van der Waals surface area (Å²) in [6.45, 7) is 3.91. The second kappa shape index (κ2) is 4.98. The summed E-state index contributed by atoms with van der Waals surface area (Å²) in [5.41, 5.74) is 0. The predicted molar refractivity (Wildman–Crippen MR) is 55.8 cm³/mol. The van der Waals surface area contributed by atoms with E-state index in [9.17, 15) is 4.21 Å². The van der Waals surface area contributed by atoms with E-state index in [0.717, 1.165) is 0 Å². The molecule has 0 saturated carbocycles. The van der Waals surface area contributed by atoms with Gasteiger partial charge in [-0.25, -0.2) is 13.7 Å². The summed E-state index contributed by atoms with van der Waals surface area (Å²) in [5, 5.41) is 15.3. The van der Waals surface area contributed by atoms with Gasteiger partial charge in [0.2, 0.25) is 0 Å². The van der Waals surface area contributed by atoms with Crippen molar-refractivity contribution in [1.82, 2.24) is 5.32 Å². The number of rotatable bonds is 3. The van der Waals surface area contributed by atoms with Gasteiger partial charge in [-0.1, -0.05) is 0 Å². The molecule has 0 rings (SSSR count). The highest BCUT2D eigenvalue weighted by atomic mass is 32.2. The van der Waals surface area contributed by atoms with Crippen LogP contribution in [-0.4, -0.2) is 22.3 Å². The van der Waals surface area contributed by atoms with Crippen LogP contribution < -0.4 is 10.5 Å². The van der Waals surface area contributed by atoms with Crippen molar-refractivity contribution in [2.24, 2.45) is 9.50 Å². The molecule has 0 bridgehead atoms. The zero-order chi connectivity index (χ0) is 10.5. The highest BCUT2D eigenvalue weighted by Crippen LogP contribution is 1.89. The molecule has 5 nitrogen and oxygen atoms in total. The lowest BCUT2D eigenvalue weighted by Crippen LogP contribution is -2.22. The van der Waals surface area contributed by atoms with E-state index in [1.807, 2.05) is 13.8 Å². The molecule has 0 aromatic carbocycles. The normalized spacial score (nSPS) is 15.8. The second-order valence-corrected chi connectivity index (χ2v) is 4.71. The maximum absolute atomic E-state index is 11.2. The van der Waals surface area contributed by atoms with Crippen molar-refractivity contribution in [1.29, 1.82) is 5.41 Å². The van der Waals surface area contributed by atoms with Crippen LogP contribution in [0.4, 0.5) is 0 Å². The summed E-state index contributed by atoms with van der Waals surface area (Å²) in [5.74, 6) is 0. The first kappa shape index (κ1) is 12.1. The molecule has 0 heterocycles. The number of hydrogen-bond acceptors (Lipinski definition) is 4. The third-order valence-corrected chi connectivity index (χ3v) is 2.56. The topological polar surface area (TPSA) is 91.3 Å². The van der Waals surface area contributed by atoms with E-state index < -0.39 is 9.92 Å². The molecule has 13 heavy (non-hydrogen) atoms. The molecule has 0 aliphatic carbocycles. The lowest BCUT2D eigenvalue weighted by Gasteiger charge is -2.03. The first-order valence-electron chi connectivity index (χ1n) is 3.84. The number of nitrogens with one attached hydrogen (secondary N) is 2. The van der Waals surface area contributed by atoms with Crippen LogP contribution in [0.1, 0.15) is 13.8 Å². The van der Waals surface area contributed by atoms with Crippen LogP contribution in [0.5, 0.6) is 0 Å². The van der Waals surface area contributed by atoms with Crippen molar-refractivity contribution in [3.8, 4) is 0 Å². The molecule has 1 atom stereocenters. The van der Waals surface area contributed by atoms with E-state index in [2.05, 4.69) is 9.68 Å². The monoisotopic (exact) mass is 204 g/mol. The van der Waals surface area contributed by atoms with Crippen LogP contribution in [-0.2, 0) is 9.92 Å². The van der Waals surface area contributed by atoms with E-state index in [0.29, 0.717) is 0 Å². The predicted octanol–water partition coefficient (Wildman–Crippen LogP) is 0.447. The van der Waals surface area contributed by atoms with Crippen molar-refractivity contribution < 1.29 is 4.21 Å². The molecule has 0 spiro atoms. The highest BCUT2D eigenvalue weighted by Gasteiger charge is 2.04. The summed E-state index contributed by atoms with van der Waals surface area (Å²) >= 11 is 0. The van der Waals surface area contributed by atoms with E-state index in [1.165, 1.54) is 13.1 Å². The fourth-order valence-corrected chi connectivity index (χ4v) is 0.972. The van der Waals surface area contributed by atoms with Crippen molar-refractivity contribution in [2.75, 3.05) is 7.05 Å². The zero-order valence-corrected chi connectivity index (χ0v) is 8.89. The van der Waals surface area contributed by atoms with Gasteiger partial charge in [-0.3, -0.25) is 5.41 Å². The van der Waals surface area contributed by atoms with E-state index in [1.54, 1.807) is 6.20 Å². The largest absolute Gasteiger partial charge is 0.389 e. The number of nitrogens with two attached hydrogens (primary N) is 1. The van der Waals surface area contributed by atoms with Gasteiger partial charge in [-0.05, 0) is 26.1 Å². The quantitative estimate of drug-likeness (QED) is 0.460. The molecule has 0 aliphatic heterocycles. The molecule has 6 heteroatoms. The maximum atomic E-state index is 11.2. The molecule has 0 radical (unpaired) electrons. The van der Waals surface area contributed by atoms with Gasteiger partial charge in [0.05, 0.1) is 0 Å². The Kier molecular flexibility index (Phi) is 4.64. The van der Waals surface area contributed by atoms with Gasteiger partial charge in [0.15, 0.2) is 9.92 Å². The number of hydrogen-bond donors (Lipinski definition) is 3. The minimum atomic E-state index is -2.96. The molecular weight excluding hydrogens is 188 g/mol. The Hall–Kier alpha value is -0.880. The van der Waals surface area contributed by atoms with E-state index in [-0.39, 0.29) is 11.1 Å². The first-order chi connectivity index (χ1) is 5.90. The lowest BCUT2D eigenvalue weighted by molar-refractivity contribution is 0.684. The fourth-order valence-electron chi connectivity index (χ4n) is 0.512. The summed E-state index contributed by atoms with van der Waals surface area (Å²) in [4.78, 5) is 0. The Morgan fingerprint density at radius 1 is 1.69 bits per heavy atom. The Labute approximate surface area is 79.2 Å². The summed E-state index contributed by atoms with van der Waals surface area (Å²) in [6.07, 6.45) is 2.90. The molecule has 1 unspecified atom stereocenters. The molecule has 76 valence electrons. The second-order valence-electron chi connectivity index (χ2n) is 2.77. The number of nitrogens with zero attached hydrogens (tertiary/aromatic N) is 1.